The number of nitrogens with one attached hydrogen (secondary N) is 3. The van der Waals surface area contributed by atoms with Gasteiger partial charge in [-0.05, 0) is 43.7 Å². The fourth-order valence-electron chi connectivity index (χ4n) is 5.55. The van der Waals surface area contributed by atoms with Crippen LogP contribution in [-0.4, -0.2) is 75.3 Å². The van der Waals surface area contributed by atoms with Gasteiger partial charge >= 0.3 is 12.1 Å². The lowest BCUT2D eigenvalue weighted by molar-refractivity contribution is -0.123. The van der Waals surface area contributed by atoms with E-state index >= 15 is 0 Å². The van der Waals surface area contributed by atoms with Crippen molar-refractivity contribution >= 4 is 40.7 Å². The number of carbonyl (C=O) groups excluding carboxylic acids is 3. The van der Waals surface area contributed by atoms with E-state index in [2.05, 4.69) is 34.8 Å². The van der Waals surface area contributed by atoms with Crippen LogP contribution in [0.1, 0.15) is 73.2 Å². The van der Waals surface area contributed by atoms with Gasteiger partial charge in [0.1, 0.15) is 12.6 Å². The first kappa shape index (κ1) is 39.5. The molecule has 4 aromatic rings. The van der Waals surface area contributed by atoms with E-state index in [0.717, 1.165) is 33.1 Å². The Morgan fingerprint density at radius 1 is 0.902 bits per heavy atom. The van der Waals surface area contributed by atoms with Crippen LogP contribution in [0.15, 0.2) is 77.8 Å². The number of rotatable bonds is 19. The molecule has 0 aliphatic rings. The van der Waals surface area contributed by atoms with E-state index in [0.29, 0.717) is 38.3 Å². The van der Waals surface area contributed by atoms with Gasteiger partial charge in [0.2, 0.25) is 5.91 Å². The molecular weight excluding hydrogens is 685 g/mol. The third-order valence-electron chi connectivity index (χ3n) is 8.31. The van der Waals surface area contributed by atoms with E-state index in [4.69, 9.17) is 9.72 Å². The number of aliphatic hydroxyl groups excluding tert-OH is 1. The van der Waals surface area contributed by atoms with E-state index in [1.807, 2.05) is 73.0 Å². The number of benzene rings is 2. The first-order valence-corrected chi connectivity index (χ1v) is 19.2. The molecule has 4 atom stereocenters. The molecule has 4 amide bonds. The molecule has 51 heavy (non-hydrogen) atoms. The van der Waals surface area contributed by atoms with Crippen LogP contribution in [-0.2, 0) is 35.4 Å². The number of hydrogen-bond acceptors (Lipinski definition) is 9. The van der Waals surface area contributed by atoms with Crippen molar-refractivity contribution in [3.05, 3.63) is 104 Å². The molecule has 11 nitrogen and oxygen atoms in total. The summed E-state index contributed by atoms with van der Waals surface area (Å²) in [5.41, 5.74) is 4.52. The van der Waals surface area contributed by atoms with Crippen molar-refractivity contribution in [3.63, 3.8) is 0 Å². The van der Waals surface area contributed by atoms with Gasteiger partial charge in [0.05, 0.1) is 33.2 Å². The van der Waals surface area contributed by atoms with Gasteiger partial charge in [0.25, 0.3) is 0 Å². The summed E-state index contributed by atoms with van der Waals surface area (Å²) in [6, 6.07) is 16.9. The van der Waals surface area contributed by atoms with Gasteiger partial charge in [0, 0.05) is 43.0 Å². The molecule has 0 saturated heterocycles. The number of aliphatic hydroxyl groups is 1. The summed E-state index contributed by atoms with van der Waals surface area (Å²) < 4.78 is 5.42. The molecule has 4 N–H and O–H groups in total. The number of thiazole rings is 2. The number of alkyl carbamates (subject to hydrolysis) is 1. The Labute approximate surface area is 308 Å². The Morgan fingerprint density at radius 2 is 1.59 bits per heavy atom. The minimum atomic E-state index is -1.04. The third-order valence-corrected chi connectivity index (χ3v) is 10.3. The minimum Gasteiger partial charge on any atom is -0.444 e. The molecule has 0 aliphatic carbocycles. The lowest BCUT2D eigenvalue weighted by Crippen LogP contribution is -2.54. The highest BCUT2D eigenvalue weighted by Crippen LogP contribution is 2.20. The monoisotopic (exact) mass is 734 g/mol. The highest BCUT2D eigenvalue weighted by Gasteiger charge is 2.28. The summed E-state index contributed by atoms with van der Waals surface area (Å²) in [4.78, 5) is 51.0. The first-order chi connectivity index (χ1) is 24.6. The number of urea groups is 1. The Kier molecular flexibility index (Phi) is 15.9. The Balaban J connectivity index is 1.41. The topological polar surface area (TPSA) is 146 Å². The second kappa shape index (κ2) is 20.5. The van der Waals surface area contributed by atoms with Crippen LogP contribution < -0.4 is 16.0 Å². The van der Waals surface area contributed by atoms with Crippen LogP contribution in [0.25, 0.3) is 0 Å². The van der Waals surface area contributed by atoms with Gasteiger partial charge < -0.3 is 30.7 Å². The molecule has 0 fully saturated rings. The summed E-state index contributed by atoms with van der Waals surface area (Å²) in [5.74, 6) is -0.0162. The van der Waals surface area contributed by atoms with Crippen LogP contribution >= 0.6 is 22.7 Å². The summed E-state index contributed by atoms with van der Waals surface area (Å²) in [7, 11) is 0. The summed E-state index contributed by atoms with van der Waals surface area (Å²) in [5, 5.41) is 23.5. The van der Waals surface area contributed by atoms with Crippen LogP contribution in [0.3, 0.4) is 0 Å². The van der Waals surface area contributed by atoms with Gasteiger partial charge in [-0.25, -0.2) is 14.6 Å². The zero-order valence-electron chi connectivity index (χ0n) is 29.8. The van der Waals surface area contributed by atoms with Gasteiger partial charge in [-0.1, -0.05) is 81.4 Å². The SMILES string of the molecule is CCCN(CCc1csc(C(C)C)n1)C(=O)N[C@@H](C)C(=O)N[C@@H](Cc1ccccc1)C[C@H](O)[C@H](Cc1ccccc1)NC(=O)OCc1cncs1. The molecule has 0 radical (unpaired) electrons. The molecule has 2 heterocycles. The third kappa shape index (κ3) is 13.4. The smallest absolute Gasteiger partial charge is 0.407 e. The molecule has 2 aromatic carbocycles. The van der Waals surface area contributed by atoms with Crippen LogP contribution in [0.4, 0.5) is 9.59 Å². The lowest BCUT2D eigenvalue weighted by Gasteiger charge is -2.29. The minimum absolute atomic E-state index is 0.0700. The van der Waals surface area contributed by atoms with Crippen LogP contribution in [0.5, 0.6) is 0 Å². The van der Waals surface area contributed by atoms with Crippen molar-refractivity contribution in [1.82, 2.24) is 30.8 Å². The Bertz CT molecular complexity index is 1620. The highest BCUT2D eigenvalue weighted by atomic mass is 32.1. The summed E-state index contributed by atoms with van der Waals surface area (Å²) in [6.07, 6.45) is 2.27. The molecular formula is C38H50N6O5S2. The molecule has 274 valence electrons. The number of nitrogens with zero attached hydrogens (tertiary/aromatic N) is 3. The first-order valence-electron chi connectivity index (χ1n) is 17.5. The van der Waals surface area contributed by atoms with Gasteiger partial charge in [-0.2, -0.15) is 0 Å². The normalized spacial score (nSPS) is 13.5. The van der Waals surface area contributed by atoms with E-state index in [1.165, 1.54) is 11.3 Å². The van der Waals surface area contributed by atoms with Gasteiger partial charge in [-0.3, -0.25) is 9.78 Å². The maximum absolute atomic E-state index is 13.6. The second-order valence-corrected chi connectivity index (χ2v) is 14.8. The average molecular weight is 735 g/mol. The van der Waals surface area contributed by atoms with Crippen molar-refractivity contribution in [2.24, 2.45) is 0 Å². The van der Waals surface area contributed by atoms with Crippen molar-refractivity contribution in [2.75, 3.05) is 13.1 Å². The molecule has 0 saturated carbocycles. The summed E-state index contributed by atoms with van der Waals surface area (Å²) in [6.45, 7) is 8.99. The Morgan fingerprint density at radius 3 is 2.20 bits per heavy atom. The molecule has 0 spiro atoms. The zero-order chi connectivity index (χ0) is 36.6. The second-order valence-electron chi connectivity index (χ2n) is 12.9. The quantitative estimate of drug-likeness (QED) is 0.0912. The maximum atomic E-state index is 13.6. The standard InChI is InChI=1S/C38H50N6O5S2/c1-5-17-44(18-16-30-24-50-36(42-30)26(2)3)37(47)40-27(4)35(46)41-31(19-28-12-8-6-9-13-28)21-34(45)33(20-29-14-10-7-11-15-29)43-38(48)49-23-32-22-39-25-51-32/h6-15,22,24-27,31,33-34,45H,5,16-21,23H2,1-4H3,(H,40,47)(H,41,46)(H,43,48)/t27-,31-,33-,34-/m0/s1. The molecule has 0 unspecified atom stereocenters. The lowest BCUT2D eigenvalue weighted by atomic mass is 9.93. The number of ether oxygens (including phenoxy) is 1. The predicted octanol–water partition coefficient (Wildman–Crippen LogP) is 6.09. The molecule has 0 aliphatic heterocycles. The van der Waals surface area contributed by atoms with Crippen molar-refractivity contribution in [3.8, 4) is 0 Å². The zero-order valence-corrected chi connectivity index (χ0v) is 31.4. The van der Waals surface area contributed by atoms with Gasteiger partial charge in [-0.15, -0.1) is 22.7 Å². The van der Waals surface area contributed by atoms with E-state index in [-0.39, 0.29) is 25.0 Å². The van der Waals surface area contributed by atoms with Gasteiger partial charge in [0.15, 0.2) is 0 Å². The molecule has 4 rings (SSSR count). The van der Waals surface area contributed by atoms with Crippen molar-refractivity contribution in [2.45, 2.75) is 96.6 Å². The predicted molar refractivity (Wildman–Crippen MR) is 202 cm³/mol. The average Bonchev–Trinajstić information content (AvgIpc) is 3.83. The van der Waals surface area contributed by atoms with Crippen molar-refractivity contribution < 1.29 is 24.2 Å². The summed E-state index contributed by atoms with van der Waals surface area (Å²) >= 11 is 3.02. The van der Waals surface area contributed by atoms with E-state index in [1.54, 1.807) is 34.9 Å². The Hall–Kier alpha value is -4.33. The number of amides is 4. The van der Waals surface area contributed by atoms with Crippen LogP contribution in [0, 0.1) is 0 Å². The number of aromatic nitrogens is 2. The fraction of sp³-hybridized carbons (Fsp3) is 0.447. The highest BCUT2D eigenvalue weighted by molar-refractivity contribution is 7.09. The maximum Gasteiger partial charge on any atom is 0.407 e. The largest absolute Gasteiger partial charge is 0.444 e. The number of carbonyl (C=O) groups is 3. The molecule has 2 aromatic heterocycles. The van der Waals surface area contributed by atoms with Crippen molar-refractivity contribution in [1.29, 1.82) is 0 Å². The van der Waals surface area contributed by atoms with E-state index < -0.39 is 30.3 Å². The van der Waals surface area contributed by atoms with Crippen LogP contribution in [0.2, 0.25) is 0 Å². The molecule has 0 bridgehead atoms. The molecule has 13 heteroatoms. The number of hydrogen-bond donors (Lipinski definition) is 4. The van der Waals surface area contributed by atoms with E-state index in [9.17, 15) is 19.5 Å². The fourth-order valence-corrected chi connectivity index (χ4v) is 6.92.